The fourth-order valence-electron chi connectivity index (χ4n) is 2.59. The summed E-state index contributed by atoms with van der Waals surface area (Å²) in [5.74, 6) is 0.0508. The first-order valence-electron chi connectivity index (χ1n) is 7.79. The number of hydrogen-bond donors (Lipinski definition) is 0. The Morgan fingerprint density at radius 3 is 2.08 bits per heavy atom. The standard InChI is InChI=1S/C19H28O6/c1-14(21-3)18(22-4)17-11-10-16(19(23-5,24-6)25-7)9-8-15(17)12-13-20-2/h8,10-13H,9H2,1-7H3/b13-12+,18-14-. The molecule has 6 nitrogen and oxygen atoms in total. The zero-order chi connectivity index (χ0) is 18.9. The molecule has 0 atom stereocenters. The first-order chi connectivity index (χ1) is 12.0. The summed E-state index contributed by atoms with van der Waals surface area (Å²) in [5.41, 5.74) is 2.57. The smallest absolute Gasteiger partial charge is 0.307 e. The van der Waals surface area contributed by atoms with Crippen molar-refractivity contribution in [2.24, 2.45) is 0 Å². The van der Waals surface area contributed by atoms with Crippen LogP contribution in [0, 0.1) is 0 Å². The van der Waals surface area contributed by atoms with Crippen molar-refractivity contribution < 1.29 is 28.4 Å². The molecule has 1 aliphatic carbocycles. The molecule has 0 aromatic carbocycles. The lowest BCUT2D eigenvalue weighted by Crippen LogP contribution is -2.38. The maximum atomic E-state index is 5.56. The summed E-state index contributed by atoms with van der Waals surface area (Å²) in [6.45, 7) is 1.84. The van der Waals surface area contributed by atoms with Gasteiger partial charge in [0.2, 0.25) is 0 Å². The minimum absolute atomic E-state index is 0.557. The summed E-state index contributed by atoms with van der Waals surface area (Å²) in [5, 5.41) is 0. The van der Waals surface area contributed by atoms with Gasteiger partial charge in [0.25, 0.3) is 0 Å². The number of ether oxygens (including phenoxy) is 6. The summed E-state index contributed by atoms with van der Waals surface area (Å²) >= 11 is 0. The van der Waals surface area contributed by atoms with E-state index in [2.05, 4.69) is 0 Å². The van der Waals surface area contributed by atoms with E-state index in [9.17, 15) is 0 Å². The van der Waals surface area contributed by atoms with E-state index in [0.717, 1.165) is 16.7 Å². The first kappa shape index (κ1) is 21.0. The van der Waals surface area contributed by atoms with E-state index in [1.54, 1.807) is 27.6 Å². The second-order valence-electron chi connectivity index (χ2n) is 5.14. The molecule has 0 bridgehead atoms. The van der Waals surface area contributed by atoms with E-state index in [0.29, 0.717) is 17.9 Å². The Balaban J connectivity index is 3.49. The highest BCUT2D eigenvalue weighted by molar-refractivity contribution is 5.54. The Bertz CT molecular complexity index is 583. The Morgan fingerprint density at radius 2 is 1.60 bits per heavy atom. The van der Waals surface area contributed by atoms with Crippen LogP contribution in [0.1, 0.15) is 13.3 Å². The summed E-state index contributed by atoms with van der Waals surface area (Å²) < 4.78 is 32.3. The molecule has 0 spiro atoms. The van der Waals surface area contributed by atoms with Gasteiger partial charge in [-0.15, -0.1) is 0 Å². The molecule has 0 heterocycles. The third-order valence-corrected chi connectivity index (χ3v) is 3.96. The Morgan fingerprint density at radius 1 is 0.960 bits per heavy atom. The second kappa shape index (κ2) is 10.1. The van der Waals surface area contributed by atoms with Crippen LogP contribution in [0.4, 0.5) is 0 Å². The molecule has 1 aliphatic rings. The number of rotatable bonds is 9. The van der Waals surface area contributed by atoms with Crippen molar-refractivity contribution in [2.45, 2.75) is 19.3 Å². The number of methoxy groups -OCH3 is 6. The van der Waals surface area contributed by atoms with Gasteiger partial charge in [-0.05, 0) is 25.0 Å². The molecular formula is C19H28O6. The zero-order valence-corrected chi connectivity index (χ0v) is 16.0. The quantitative estimate of drug-likeness (QED) is 0.468. The molecule has 0 aromatic heterocycles. The average molecular weight is 352 g/mol. The lowest BCUT2D eigenvalue weighted by molar-refractivity contribution is -0.327. The van der Waals surface area contributed by atoms with Gasteiger partial charge in [0.1, 0.15) is 5.76 Å². The van der Waals surface area contributed by atoms with Gasteiger partial charge in [-0.3, -0.25) is 0 Å². The van der Waals surface area contributed by atoms with Crippen LogP contribution in [0.2, 0.25) is 0 Å². The van der Waals surface area contributed by atoms with Crippen molar-refractivity contribution in [1.29, 1.82) is 0 Å². The lowest BCUT2D eigenvalue weighted by atomic mass is 10.0. The van der Waals surface area contributed by atoms with Crippen molar-refractivity contribution in [2.75, 3.05) is 42.7 Å². The normalized spacial score (nSPS) is 16.5. The van der Waals surface area contributed by atoms with E-state index >= 15 is 0 Å². The highest BCUT2D eigenvalue weighted by Gasteiger charge is 2.34. The van der Waals surface area contributed by atoms with Crippen molar-refractivity contribution in [3.8, 4) is 0 Å². The molecule has 0 aromatic rings. The van der Waals surface area contributed by atoms with E-state index in [-0.39, 0.29) is 0 Å². The van der Waals surface area contributed by atoms with Gasteiger partial charge >= 0.3 is 5.97 Å². The van der Waals surface area contributed by atoms with E-state index in [4.69, 9.17) is 28.4 Å². The van der Waals surface area contributed by atoms with Crippen LogP contribution >= 0.6 is 0 Å². The van der Waals surface area contributed by atoms with Crippen LogP contribution in [-0.4, -0.2) is 48.6 Å². The molecule has 140 valence electrons. The Kier molecular flexibility index (Phi) is 8.48. The van der Waals surface area contributed by atoms with Crippen LogP contribution in [0.25, 0.3) is 0 Å². The predicted octanol–water partition coefficient (Wildman–Crippen LogP) is 3.45. The fraction of sp³-hybridized carbons (Fsp3) is 0.474. The lowest BCUT2D eigenvalue weighted by Gasteiger charge is -2.30. The average Bonchev–Trinajstić information content (AvgIpc) is 2.86. The van der Waals surface area contributed by atoms with Crippen LogP contribution in [0.5, 0.6) is 0 Å². The summed E-state index contributed by atoms with van der Waals surface area (Å²) in [4.78, 5) is 0. The van der Waals surface area contributed by atoms with Crippen LogP contribution < -0.4 is 0 Å². The van der Waals surface area contributed by atoms with Gasteiger partial charge in [-0.2, -0.15) is 0 Å². The maximum Gasteiger partial charge on any atom is 0.307 e. The topological polar surface area (TPSA) is 55.4 Å². The first-order valence-corrected chi connectivity index (χ1v) is 7.79. The molecule has 0 radical (unpaired) electrons. The Hall–Kier alpha value is -2.02. The van der Waals surface area contributed by atoms with Gasteiger partial charge in [0, 0.05) is 32.5 Å². The van der Waals surface area contributed by atoms with Crippen LogP contribution in [0.15, 0.2) is 58.8 Å². The third-order valence-electron chi connectivity index (χ3n) is 3.96. The van der Waals surface area contributed by atoms with E-state index in [1.807, 2.05) is 31.2 Å². The van der Waals surface area contributed by atoms with E-state index < -0.39 is 5.97 Å². The molecule has 6 heteroatoms. The molecule has 1 rings (SSSR count). The molecule has 25 heavy (non-hydrogen) atoms. The van der Waals surface area contributed by atoms with Crippen LogP contribution in [0.3, 0.4) is 0 Å². The maximum absolute atomic E-state index is 5.56. The van der Waals surface area contributed by atoms with Gasteiger partial charge in [0.15, 0.2) is 5.76 Å². The van der Waals surface area contributed by atoms with Crippen molar-refractivity contribution in [1.82, 2.24) is 0 Å². The molecule has 0 saturated heterocycles. The van der Waals surface area contributed by atoms with Gasteiger partial charge in [-0.1, -0.05) is 18.2 Å². The molecule has 0 aliphatic heterocycles. The molecular weight excluding hydrogens is 324 g/mol. The summed E-state index contributed by atoms with van der Waals surface area (Å²) in [6.07, 6.45) is 9.87. The third kappa shape index (κ3) is 4.75. The van der Waals surface area contributed by atoms with Crippen molar-refractivity contribution >= 4 is 0 Å². The van der Waals surface area contributed by atoms with Gasteiger partial charge < -0.3 is 28.4 Å². The van der Waals surface area contributed by atoms with Gasteiger partial charge in [0.05, 0.1) is 27.6 Å². The zero-order valence-electron chi connectivity index (χ0n) is 16.0. The SMILES string of the molecule is CO/C=C/C1=CCC(C(OC)(OC)OC)=CC=C1/C(OC)=C(\C)OC. The molecule has 0 fully saturated rings. The number of hydrogen-bond acceptors (Lipinski definition) is 6. The molecule has 0 amide bonds. The fourth-order valence-corrected chi connectivity index (χ4v) is 2.59. The monoisotopic (exact) mass is 352 g/mol. The summed E-state index contributed by atoms with van der Waals surface area (Å²) in [7, 11) is 9.42. The van der Waals surface area contributed by atoms with Crippen molar-refractivity contribution in [3.63, 3.8) is 0 Å². The van der Waals surface area contributed by atoms with Gasteiger partial charge in [-0.25, -0.2) is 0 Å². The molecule has 0 unspecified atom stereocenters. The minimum Gasteiger partial charge on any atom is -0.504 e. The van der Waals surface area contributed by atoms with Crippen molar-refractivity contribution in [3.05, 3.63) is 58.8 Å². The largest absolute Gasteiger partial charge is 0.504 e. The van der Waals surface area contributed by atoms with Crippen LogP contribution in [-0.2, 0) is 28.4 Å². The Labute approximate surface area is 150 Å². The minimum atomic E-state index is -1.24. The molecule has 0 saturated carbocycles. The summed E-state index contributed by atoms with van der Waals surface area (Å²) in [6, 6.07) is 0. The highest BCUT2D eigenvalue weighted by Crippen LogP contribution is 2.33. The van der Waals surface area contributed by atoms with E-state index in [1.165, 1.54) is 21.3 Å². The molecule has 0 N–H and O–H groups in total. The number of allylic oxidation sites excluding steroid dienone is 6. The highest BCUT2D eigenvalue weighted by atomic mass is 16.9. The second-order valence-corrected chi connectivity index (χ2v) is 5.14. The predicted molar refractivity (Wildman–Crippen MR) is 95.5 cm³/mol.